The molecule has 0 aliphatic heterocycles. The highest BCUT2D eigenvalue weighted by molar-refractivity contribution is 7.89. The fraction of sp³-hybridized carbons (Fsp3) is 0.333. The smallest absolute Gasteiger partial charge is 0.271 e. The first-order chi connectivity index (χ1) is 6.90. The van der Waals surface area contributed by atoms with Gasteiger partial charge in [0.2, 0.25) is 10.0 Å². The molecule has 0 saturated carbocycles. The van der Waals surface area contributed by atoms with Crippen molar-refractivity contribution in [3.05, 3.63) is 11.9 Å². The first-order valence-corrected chi connectivity index (χ1v) is 5.69. The van der Waals surface area contributed by atoms with Crippen LogP contribution >= 0.6 is 0 Å². The number of nitrogens with two attached hydrogens (primary N) is 2. The third-order valence-electron chi connectivity index (χ3n) is 1.57. The van der Waals surface area contributed by atoms with Crippen molar-refractivity contribution >= 4 is 21.6 Å². The summed E-state index contributed by atoms with van der Waals surface area (Å²) in [6.07, 6.45) is 1.29. The predicted octanol–water partition coefficient (Wildman–Crippen LogP) is -1.99. The number of carbonyl (C=O) groups excluding carboxylic acids is 1. The van der Waals surface area contributed by atoms with Crippen LogP contribution in [-0.2, 0) is 10.0 Å². The van der Waals surface area contributed by atoms with E-state index in [1.54, 1.807) is 0 Å². The van der Waals surface area contributed by atoms with Crippen LogP contribution in [0.25, 0.3) is 0 Å². The fourth-order valence-corrected chi connectivity index (χ4v) is 1.26. The molecule has 6 N–H and O–H groups in total. The number of rotatable bonds is 4. The number of hydrogen-bond acceptors (Lipinski definition) is 5. The zero-order valence-corrected chi connectivity index (χ0v) is 8.54. The Morgan fingerprint density at radius 1 is 1.60 bits per heavy atom. The summed E-state index contributed by atoms with van der Waals surface area (Å²) in [5.74, 6) is -0.846. The Hall–Kier alpha value is -1.61. The maximum absolute atomic E-state index is 11.3. The summed E-state index contributed by atoms with van der Waals surface area (Å²) in [5.41, 5.74) is 5.70. The Labute approximate surface area is 86.1 Å². The topological polar surface area (TPSA) is 144 Å². The number of amides is 1. The highest BCUT2D eigenvalue weighted by Gasteiger charge is 2.11. The quantitative estimate of drug-likeness (QED) is 0.476. The normalized spacial score (nSPS) is 11.3. The largest absolute Gasteiger partial charge is 0.396 e. The Balaban J connectivity index is 2.48. The van der Waals surface area contributed by atoms with Gasteiger partial charge >= 0.3 is 0 Å². The van der Waals surface area contributed by atoms with Crippen LogP contribution in [0.5, 0.6) is 0 Å². The van der Waals surface area contributed by atoms with Gasteiger partial charge in [0.15, 0.2) is 0 Å². The number of aromatic amines is 1. The van der Waals surface area contributed by atoms with E-state index in [1.165, 1.54) is 6.20 Å². The summed E-state index contributed by atoms with van der Waals surface area (Å²) in [6.45, 7) is -0.0733. The van der Waals surface area contributed by atoms with Crippen molar-refractivity contribution in [2.24, 2.45) is 5.14 Å². The summed E-state index contributed by atoms with van der Waals surface area (Å²) >= 11 is 0. The van der Waals surface area contributed by atoms with Crippen molar-refractivity contribution in [2.45, 2.75) is 0 Å². The van der Waals surface area contributed by atoms with E-state index in [0.717, 1.165) is 0 Å². The molecule has 0 unspecified atom stereocenters. The van der Waals surface area contributed by atoms with Gasteiger partial charge in [-0.25, -0.2) is 13.6 Å². The molecule has 1 rings (SSSR count). The Morgan fingerprint density at radius 3 is 2.73 bits per heavy atom. The van der Waals surface area contributed by atoms with Crippen molar-refractivity contribution in [1.82, 2.24) is 15.5 Å². The first-order valence-electron chi connectivity index (χ1n) is 3.97. The van der Waals surface area contributed by atoms with Gasteiger partial charge in [0.25, 0.3) is 5.91 Å². The van der Waals surface area contributed by atoms with Crippen LogP contribution in [0, 0.1) is 0 Å². The summed E-state index contributed by atoms with van der Waals surface area (Å²) in [7, 11) is -3.57. The number of nitrogens with zero attached hydrogens (tertiary/aromatic N) is 1. The van der Waals surface area contributed by atoms with Gasteiger partial charge < -0.3 is 11.1 Å². The summed E-state index contributed by atoms with van der Waals surface area (Å²) in [6, 6.07) is 0. The van der Waals surface area contributed by atoms with Crippen LogP contribution in [0.15, 0.2) is 6.20 Å². The van der Waals surface area contributed by atoms with Crippen LogP contribution in [0.1, 0.15) is 10.5 Å². The van der Waals surface area contributed by atoms with Gasteiger partial charge in [-0.1, -0.05) is 0 Å². The summed E-state index contributed by atoms with van der Waals surface area (Å²) in [5, 5.41) is 13.0. The number of hydrogen-bond donors (Lipinski definition) is 4. The standard InChI is InChI=1S/C6H11N5O3S/c7-4-3-10-11-5(4)6(12)9-1-2-15(8,13)14/h3H,1-2,7H2,(H,9,12)(H,10,11)(H2,8,13,14). The van der Waals surface area contributed by atoms with Crippen LogP contribution in [0.3, 0.4) is 0 Å². The minimum absolute atomic E-state index is 0.0733. The average molecular weight is 233 g/mol. The molecular formula is C6H11N5O3S. The molecule has 0 aromatic carbocycles. The van der Waals surface area contributed by atoms with E-state index in [2.05, 4.69) is 15.5 Å². The minimum atomic E-state index is -3.57. The zero-order valence-electron chi connectivity index (χ0n) is 7.73. The SMILES string of the molecule is Nc1cn[nH]c1C(=O)NCCS(N)(=O)=O. The molecule has 8 nitrogen and oxygen atoms in total. The van der Waals surface area contributed by atoms with Crippen LogP contribution in [-0.4, -0.2) is 36.8 Å². The van der Waals surface area contributed by atoms with Gasteiger partial charge in [0, 0.05) is 6.54 Å². The van der Waals surface area contributed by atoms with Gasteiger partial charge in [-0.2, -0.15) is 5.10 Å². The third-order valence-corrected chi connectivity index (χ3v) is 2.34. The van der Waals surface area contributed by atoms with E-state index < -0.39 is 15.9 Å². The number of nitrogens with one attached hydrogen (secondary N) is 2. The van der Waals surface area contributed by atoms with Crippen molar-refractivity contribution in [3.63, 3.8) is 0 Å². The molecule has 1 amide bonds. The number of nitrogen functional groups attached to an aromatic ring is 1. The fourth-order valence-electron chi connectivity index (χ4n) is 0.873. The molecule has 0 bridgehead atoms. The van der Waals surface area contributed by atoms with E-state index in [1.807, 2.05) is 0 Å². The Kier molecular flexibility index (Phi) is 3.27. The van der Waals surface area contributed by atoms with Gasteiger partial charge in [-0.05, 0) is 0 Å². The molecule has 15 heavy (non-hydrogen) atoms. The molecular weight excluding hydrogens is 222 g/mol. The van der Waals surface area contributed by atoms with E-state index in [-0.39, 0.29) is 23.7 Å². The van der Waals surface area contributed by atoms with Gasteiger partial charge in [0.1, 0.15) is 5.69 Å². The summed E-state index contributed by atoms with van der Waals surface area (Å²) in [4.78, 5) is 11.3. The molecule has 0 fully saturated rings. The molecule has 0 aliphatic rings. The second-order valence-electron chi connectivity index (χ2n) is 2.82. The van der Waals surface area contributed by atoms with Crippen molar-refractivity contribution in [3.8, 4) is 0 Å². The molecule has 0 atom stereocenters. The van der Waals surface area contributed by atoms with Crippen molar-refractivity contribution in [2.75, 3.05) is 18.0 Å². The second-order valence-corrected chi connectivity index (χ2v) is 4.56. The minimum Gasteiger partial charge on any atom is -0.396 e. The number of sulfonamides is 1. The monoisotopic (exact) mass is 233 g/mol. The maximum Gasteiger partial charge on any atom is 0.271 e. The first kappa shape index (κ1) is 11.5. The van der Waals surface area contributed by atoms with Crippen LogP contribution in [0.4, 0.5) is 5.69 Å². The number of anilines is 1. The molecule has 0 spiro atoms. The Morgan fingerprint density at radius 2 is 2.27 bits per heavy atom. The van der Waals surface area contributed by atoms with E-state index in [4.69, 9.17) is 10.9 Å². The number of aromatic nitrogens is 2. The maximum atomic E-state index is 11.3. The number of H-pyrrole nitrogens is 1. The lowest BCUT2D eigenvalue weighted by molar-refractivity contribution is 0.0952. The molecule has 0 radical (unpaired) electrons. The number of carbonyl (C=O) groups is 1. The highest BCUT2D eigenvalue weighted by atomic mass is 32.2. The lowest BCUT2D eigenvalue weighted by Gasteiger charge is -2.02. The molecule has 0 saturated heterocycles. The Bertz CT molecular complexity index is 451. The van der Waals surface area contributed by atoms with E-state index in [9.17, 15) is 13.2 Å². The molecule has 1 aromatic rings. The molecule has 9 heteroatoms. The van der Waals surface area contributed by atoms with Gasteiger partial charge in [0.05, 0.1) is 17.6 Å². The van der Waals surface area contributed by atoms with Crippen molar-refractivity contribution in [1.29, 1.82) is 0 Å². The third kappa shape index (κ3) is 3.56. The molecule has 0 aliphatic carbocycles. The molecule has 1 aromatic heterocycles. The van der Waals surface area contributed by atoms with E-state index >= 15 is 0 Å². The zero-order chi connectivity index (χ0) is 11.5. The lowest BCUT2D eigenvalue weighted by Crippen LogP contribution is -2.32. The van der Waals surface area contributed by atoms with Gasteiger partial charge in [-0.3, -0.25) is 9.89 Å². The van der Waals surface area contributed by atoms with E-state index in [0.29, 0.717) is 0 Å². The average Bonchev–Trinajstić information content (AvgIpc) is 2.48. The van der Waals surface area contributed by atoms with Crippen molar-refractivity contribution < 1.29 is 13.2 Å². The van der Waals surface area contributed by atoms with Crippen LogP contribution in [0.2, 0.25) is 0 Å². The highest BCUT2D eigenvalue weighted by Crippen LogP contribution is 2.04. The van der Waals surface area contributed by atoms with Crippen LogP contribution < -0.4 is 16.2 Å². The predicted molar refractivity (Wildman–Crippen MR) is 53.3 cm³/mol. The molecule has 1 heterocycles. The molecule has 84 valence electrons. The number of primary sulfonamides is 1. The lowest BCUT2D eigenvalue weighted by atomic mass is 10.3. The second kappa shape index (κ2) is 4.28. The van der Waals surface area contributed by atoms with Gasteiger partial charge in [-0.15, -0.1) is 0 Å². The summed E-state index contributed by atoms with van der Waals surface area (Å²) < 4.78 is 21.1.